The minimum absolute atomic E-state index is 0.397. The summed E-state index contributed by atoms with van der Waals surface area (Å²) in [7, 11) is 0. The SMILES string of the molecule is CCCn1ccnc1C1(F)CCCNC1. The van der Waals surface area contributed by atoms with Gasteiger partial charge in [-0.2, -0.15) is 0 Å². The van der Waals surface area contributed by atoms with Crippen LogP contribution in [0.15, 0.2) is 12.4 Å². The molecule has 1 N–H and O–H groups in total. The maximum absolute atomic E-state index is 14.6. The number of aromatic nitrogens is 2. The number of nitrogens with zero attached hydrogens (tertiary/aromatic N) is 2. The van der Waals surface area contributed by atoms with Crippen LogP contribution in [0.25, 0.3) is 0 Å². The zero-order valence-corrected chi connectivity index (χ0v) is 9.17. The minimum Gasteiger partial charge on any atom is -0.332 e. The van der Waals surface area contributed by atoms with Crippen LogP contribution in [-0.4, -0.2) is 22.6 Å². The van der Waals surface area contributed by atoms with Gasteiger partial charge in [-0.05, 0) is 25.8 Å². The first-order valence-electron chi connectivity index (χ1n) is 5.67. The van der Waals surface area contributed by atoms with E-state index in [9.17, 15) is 4.39 Å². The highest BCUT2D eigenvalue weighted by Gasteiger charge is 2.37. The highest BCUT2D eigenvalue weighted by atomic mass is 19.1. The lowest BCUT2D eigenvalue weighted by Gasteiger charge is -2.29. The van der Waals surface area contributed by atoms with E-state index in [0.29, 0.717) is 18.8 Å². The number of piperidine rings is 1. The Morgan fingerprint density at radius 2 is 2.53 bits per heavy atom. The first kappa shape index (κ1) is 10.6. The summed E-state index contributed by atoms with van der Waals surface area (Å²) in [5.41, 5.74) is -1.27. The topological polar surface area (TPSA) is 29.9 Å². The van der Waals surface area contributed by atoms with Crippen LogP contribution in [0.3, 0.4) is 0 Å². The van der Waals surface area contributed by atoms with Crippen molar-refractivity contribution in [3.63, 3.8) is 0 Å². The number of hydrogen-bond donors (Lipinski definition) is 1. The molecular formula is C11H18FN3. The Hall–Kier alpha value is -0.900. The number of nitrogens with one attached hydrogen (secondary N) is 1. The molecule has 0 aliphatic carbocycles. The van der Waals surface area contributed by atoms with Crippen molar-refractivity contribution in [3.8, 4) is 0 Å². The van der Waals surface area contributed by atoms with E-state index in [1.54, 1.807) is 6.20 Å². The van der Waals surface area contributed by atoms with E-state index in [0.717, 1.165) is 25.9 Å². The summed E-state index contributed by atoms with van der Waals surface area (Å²) in [6, 6.07) is 0. The molecule has 1 aromatic heterocycles. The van der Waals surface area contributed by atoms with Crippen molar-refractivity contribution >= 4 is 0 Å². The first-order chi connectivity index (χ1) is 7.26. The average Bonchev–Trinajstić information content (AvgIpc) is 2.68. The van der Waals surface area contributed by atoms with Crippen LogP contribution in [0.5, 0.6) is 0 Å². The summed E-state index contributed by atoms with van der Waals surface area (Å²) >= 11 is 0. The molecule has 1 fully saturated rings. The lowest BCUT2D eigenvalue weighted by Crippen LogP contribution is -2.41. The molecule has 1 atom stereocenters. The molecule has 0 saturated carbocycles. The van der Waals surface area contributed by atoms with Crippen LogP contribution in [-0.2, 0) is 12.2 Å². The third-order valence-corrected chi connectivity index (χ3v) is 2.91. The molecule has 1 aliphatic heterocycles. The minimum atomic E-state index is -1.27. The summed E-state index contributed by atoms with van der Waals surface area (Å²) in [5.74, 6) is 0.594. The van der Waals surface area contributed by atoms with Crippen molar-refractivity contribution in [1.82, 2.24) is 14.9 Å². The number of aryl methyl sites for hydroxylation is 1. The number of halogens is 1. The third-order valence-electron chi connectivity index (χ3n) is 2.91. The van der Waals surface area contributed by atoms with Gasteiger partial charge in [-0.1, -0.05) is 6.92 Å². The fourth-order valence-corrected chi connectivity index (χ4v) is 2.18. The molecule has 1 aliphatic rings. The van der Waals surface area contributed by atoms with E-state index >= 15 is 0 Å². The van der Waals surface area contributed by atoms with Crippen LogP contribution in [0.2, 0.25) is 0 Å². The van der Waals surface area contributed by atoms with Gasteiger partial charge in [-0.25, -0.2) is 9.37 Å². The highest BCUT2D eigenvalue weighted by molar-refractivity contribution is 5.07. The van der Waals surface area contributed by atoms with E-state index in [4.69, 9.17) is 0 Å². The van der Waals surface area contributed by atoms with Gasteiger partial charge in [0.2, 0.25) is 0 Å². The third kappa shape index (κ3) is 2.04. The maximum atomic E-state index is 14.6. The van der Waals surface area contributed by atoms with Gasteiger partial charge >= 0.3 is 0 Å². The quantitative estimate of drug-likeness (QED) is 0.826. The Morgan fingerprint density at radius 1 is 1.67 bits per heavy atom. The highest BCUT2D eigenvalue weighted by Crippen LogP contribution is 2.31. The fraction of sp³-hybridized carbons (Fsp3) is 0.727. The van der Waals surface area contributed by atoms with Gasteiger partial charge in [0.15, 0.2) is 5.67 Å². The lowest BCUT2D eigenvalue weighted by molar-refractivity contribution is 0.106. The molecular weight excluding hydrogens is 193 g/mol. The molecule has 0 bridgehead atoms. The van der Waals surface area contributed by atoms with E-state index in [1.165, 1.54) is 0 Å². The number of rotatable bonds is 3. The largest absolute Gasteiger partial charge is 0.332 e. The Bertz CT molecular complexity index is 315. The van der Waals surface area contributed by atoms with E-state index < -0.39 is 5.67 Å². The van der Waals surface area contributed by atoms with Crippen molar-refractivity contribution in [1.29, 1.82) is 0 Å². The van der Waals surface area contributed by atoms with Gasteiger partial charge in [0.1, 0.15) is 5.82 Å². The summed E-state index contributed by atoms with van der Waals surface area (Å²) in [5, 5.41) is 3.10. The maximum Gasteiger partial charge on any atom is 0.180 e. The second-order valence-corrected chi connectivity index (χ2v) is 4.19. The zero-order chi connectivity index (χ0) is 10.7. The van der Waals surface area contributed by atoms with Crippen molar-refractivity contribution in [2.45, 2.75) is 38.4 Å². The van der Waals surface area contributed by atoms with Crippen molar-refractivity contribution in [2.24, 2.45) is 0 Å². The summed E-state index contributed by atoms with van der Waals surface area (Å²) in [6.45, 7) is 4.25. The zero-order valence-electron chi connectivity index (χ0n) is 9.17. The number of hydrogen-bond acceptors (Lipinski definition) is 2. The Labute approximate surface area is 89.7 Å². The normalized spacial score (nSPS) is 26.8. The molecule has 4 heteroatoms. The van der Waals surface area contributed by atoms with Gasteiger partial charge < -0.3 is 9.88 Å². The van der Waals surface area contributed by atoms with Crippen molar-refractivity contribution < 1.29 is 4.39 Å². The van der Waals surface area contributed by atoms with E-state index in [1.807, 2.05) is 10.8 Å². The van der Waals surface area contributed by atoms with Crippen LogP contribution >= 0.6 is 0 Å². The molecule has 2 rings (SSSR count). The average molecular weight is 211 g/mol. The van der Waals surface area contributed by atoms with Crippen molar-refractivity contribution in [3.05, 3.63) is 18.2 Å². The molecule has 3 nitrogen and oxygen atoms in total. The van der Waals surface area contributed by atoms with Gasteiger partial charge in [-0.15, -0.1) is 0 Å². The Balaban J connectivity index is 2.22. The summed E-state index contributed by atoms with van der Waals surface area (Å²) in [6.07, 6.45) is 6.04. The van der Waals surface area contributed by atoms with Crippen LogP contribution in [0.4, 0.5) is 4.39 Å². The smallest absolute Gasteiger partial charge is 0.180 e. The van der Waals surface area contributed by atoms with Crippen LogP contribution in [0, 0.1) is 0 Å². The van der Waals surface area contributed by atoms with Gasteiger partial charge in [0.05, 0.1) is 0 Å². The molecule has 1 saturated heterocycles. The van der Waals surface area contributed by atoms with Crippen LogP contribution in [0.1, 0.15) is 32.0 Å². The van der Waals surface area contributed by atoms with E-state index in [-0.39, 0.29) is 0 Å². The predicted octanol–water partition coefficient (Wildman–Crippen LogP) is 1.84. The molecule has 0 spiro atoms. The molecule has 0 amide bonds. The van der Waals surface area contributed by atoms with Gasteiger partial charge in [0, 0.05) is 25.5 Å². The Kier molecular flexibility index (Phi) is 3.05. The lowest BCUT2D eigenvalue weighted by atomic mass is 9.95. The molecule has 15 heavy (non-hydrogen) atoms. The van der Waals surface area contributed by atoms with Crippen LogP contribution < -0.4 is 5.32 Å². The summed E-state index contributed by atoms with van der Waals surface area (Å²) in [4.78, 5) is 4.18. The van der Waals surface area contributed by atoms with E-state index in [2.05, 4.69) is 17.2 Å². The molecule has 1 unspecified atom stereocenters. The van der Waals surface area contributed by atoms with Crippen molar-refractivity contribution in [2.75, 3.05) is 13.1 Å². The molecule has 2 heterocycles. The standard InChI is InChI=1S/C11H18FN3/c1-2-7-15-8-6-14-10(15)11(12)4-3-5-13-9-11/h6,8,13H,2-5,7,9H2,1H3. The molecule has 84 valence electrons. The summed E-state index contributed by atoms with van der Waals surface area (Å²) < 4.78 is 16.5. The van der Waals surface area contributed by atoms with Gasteiger partial charge in [-0.3, -0.25) is 0 Å². The Morgan fingerprint density at radius 3 is 3.20 bits per heavy atom. The monoisotopic (exact) mass is 211 g/mol. The fourth-order valence-electron chi connectivity index (χ4n) is 2.18. The first-order valence-corrected chi connectivity index (χ1v) is 5.67. The molecule has 0 aromatic carbocycles. The molecule has 0 radical (unpaired) electrons. The number of imidazole rings is 1. The van der Waals surface area contributed by atoms with Gasteiger partial charge in [0.25, 0.3) is 0 Å². The second-order valence-electron chi connectivity index (χ2n) is 4.19. The predicted molar refractivity (Wildman–Crippen MR) is 57.4 cm³/mol. The molecule has 1 aromatic rings. The number of alkyl halides is 1. The second kappa shape index (κ2) is 4.31.